The van der Waals surface area contributed by atoms with Crippen LogP contribution in [0, 0.1) is 0 Å². The number of nitrogens with one attached hydrogen (secondary N) is 2. The maximum Gasteiger partial charge on any atom is 0.242 e. The summed E-state index contributed by atoms with van der Waals surface area (Å²) in [4.78, 5) is 21.5. The molecule has 2 saturated heterocycles. The lowest BCUT2D eigenvalue weighted by Crippen LogP contribution is -2.50. The first-order valence-electron chi connectivity index (χ1n) is 10.6. The van der Waals surface area contributed by atoms with Gasteiger partial charge in [0.15, 0.2) is 5.96 Å². The Labute approximate surface area is 197 Å². The van der Waals surface area contributed by atoms with E-state index in [1.807, 2.05) is 27.7 Å². The molecule has 0 aromatic heterocycles. The molecule has 0 aliphatic carbocycles. The highest BCUT2D eigenvalue weighted by atomic mass is 127. The van der Waals surface area contributed by atoms with E-state index in [0.717, 1.165) is 45.3 Å². The van der Waals surface area contributed by atoms with Crippen LogP contribution in [0.15, 0.2) is 35.3 Å². The Balaban J connectivity index is 0.00000320. The highest BCUT2D eigenvalue weighted by Crippen LogP contribution is 2.24. The highest BCUT2D eigenvalue weighted by molar-refractivity contribution is 14.0. The van der Waals surface area contributed by atoms with Gasteiger partial charge in [-0.2, -0.15) is 0 Å². The topological polar surface area (TPSA) is 69.2 Å². The number of hydrogen-bond acceptors (Lipinski definition) is 4. The second-order valence-corrected chi connectivity index (χ2v) is 8.81. The van der Waals surface area contributed by atoms with Crippen LogP contribution in [0.25, 0.3) is 0 Å². The summed E-state index contributed by atoms with van der Waals surface area (Å²) in [6.45, 7) is 13.1. The molecular weight excluding hydrogens is 493 g/mol. The first-order chi connectivity index (χ1) is 13.9. The predicted molar refractivity (Wildman–Crippen MR) is 131 cm³/mol. The molecule has 1 aromatic carbocycles. The molecule has 2 unspecified atom stereocenters. The fourth-order valence-corrected chi connectivity index (χ4v) is 3.98. The molecule has 2 fully saturated rings. The van der Waals surface area contributed by atoms with Crippen LogP contribution >= 0.6 is 24.0 Å². The van der Waals surface area contributed by atoms with Gasteiger partial charge in [0.1, 0.15) is 6.54 Å². The van der Waals surface area contributed by atoms with Crippen LogP contribution in [-0.2, 0) is 16.1 Å². The number of aliphatic imine (C=N–C) groups is 1. The van der Waals surface area contributed by atoms with E-state index in [4.69, 9.17) is 4.74 Å². The van der Waals surface area contributed by atoms with E-state index < -0.39 is 0 Å². The lowest BCUT2D eigenvalue weighted by molar-refractivity contribution is -0.121. The molecule has 3 rings (SSSR count). The zero-order chi connectivity index (χ0) is 20.9. The molecule has 1 aromatic rings. The van der Waals surface area contributed by atoms with Gasteiger partial charge in [-0.3, -0.25) is 9.69 Å². The van der Waals surface area contributed by atoms with Crippen molar-refractivity contribution in [1.82, 2.24) is 20.4 Å². The van der Waals surface area contributed by atoms with Crippen LogP contribution in [-0.4, -0.2) is 78.7 Å². The number of nitrogens with zero attached hydrogens (tertiary/aromatic N) is 3. The molecule has 0 radical (unpaired) electrons. The van der Waals surface area contributed by atoms with Gasteiger partial charge >= 0.3 is 0 Å². The van der Waals surface area contributed by atoms with Gasteiger partial charge in [-0.1, -0.05) is 30.3 Å². The monoisotopic (exact) mass is 529 g/mol. The lowest BCUT2D eigenvalue weighted by atomic mass is 10.1. The molecule has 7 nitrogen and oxygen atoms in total. The first-order valence-corrected chi connectivity index (χ1v) is 10.6. The zero-order valence-corrected chi connectivity index (χ0v) is 20.9. The number of carbonyl (C=O) groups is 1. The molecule has 1 amide bonds. The summed E-state index contributed by atoms with van der Waals surface area (Å²) in [5.74, 6) is 0.723. The zero-order valence-electron chi connectivity index (χ0n) is 18.6. The molecule has 0 bridgehead atoms. The van der Waals surface area contributed by atoms with Crippen molar-refractivity contribution >= 4 is 35.8 Å². The van der Waals surface area contributed by atoms with Gasteiger partial charge in [0.25, 0.3) is 0 Å². The van der Waals surface area contributed by atoms with Crippen molar-refractivity contribution in [2.75, 3.05) is 39.3 Å². The summed E-state index contributed by atoms with van der Waals surface area (Å²) in [5.41, 5.74) is 1.07. The summed E-state index contributed by atoms with van der Waals surface area (Å²) in [5, 5.41) is 6.31. The van der Waals surface area contributed by atoms with Gasteiger partial charge in [0, 0.05) is 38.3 Å². The molecule has 8 heteroatoms. The third-order valence-electron chi connectivity index (χ3n) is 5.17. The fraction of sp³-hybridized carbons (Fsp3) is 0.636. The molecule has 30 heavy (non-hydrogen) atoms. The van der Waals surface area contributed by atoms with Gasteiger partial charge in [0.2, 0.25) is 5.91 Å². The first kappa shape index (κ1) is 24.9. The number of hydrogen-bond donors (Lipinski definition) is 2. The van der Waals surface area contributed by atoms with Gasteiger partial charge < -0.3 is 20.3 Å². The Hall–Kier alpha value is -1.39. The smallest absolute Gasteiger partial charge is 0.242 e. The third kappa shape index (κ3) is 7.09. The van der Waals surface area contributed by atoms with Crippen molar-refractivity contribution in [1.29, 1.82) is 0 Å². The summed E-state index contributed by atoms with van der Waals surface area (Å²) < 4.78 is 6.07. The maximum atomic E-state index is 12.2. The van der Waals surface area contributed by atoms with Crippen molar-refractivity contribution in [2.24, 2.45) is 4.99 Å². The molecule has 2 N–H and O–H groups in total. The van der Waals surface area contributed by atoms with E-state index in [1.54, 1.807) is 0 Å². The second kappa shape index (κ2) is 11.3. The summed E-state index contributed by atoms with van der Waals surface area (Å²) >= 11 is 0. The van der Waals surface area contributed by atoms with Gasteiger partial charge in [0.05, 0.1) is 18.8 Å². The fourth-order valence-electron chi connectivity index (χ4n) is 3.98. The number of likely N-dealkylation sites (tertiary alicyclic amines) is 1. The molecule has 2 atom stereocenters. The minimum Gasteiger partial charge on any atom is -0.373 e. The van der Waals surface area contributed by atoms with Crippen LogP contribution in [0.3, 0.4) is 0 Å². The van der Waals surface area contributed by atoms with Crippen LogP contribution in [0.1, 0.15) is 33.3 Å². The van der Waals surface area contributed by atoms with Crippen molar-refractivity contribution < 1.29 is 9.53 Å². The number of carbonyl (C=O) groups excluding carboxylic acids is 1. The number of fused-ring (bicyclic) bond motifs is 1. The Morgan fingerprint density at radius 2 is 1.97 bits per heavy atom. The standard InChI is InChI=1S/C22H35N5O2.HI/c1-5-23-21(24-13-20(28)25-22(2,3)4)27-15-18-19(16-27)29-12-11-26(18)14-17-9-7-6-8-10-17;/h6-10,18-19H,5,11-16H2,1-4H3,(H,23,24)(H,25,28);1H. The summed E-state index contributed by atoms with van der Waals surface area (Å²) in [7, 11) is 0. The van der Waals surface area contributed by atoms with Gasteiger partial charge in [-0.25, -0.2) is 4.99 Å². The Kier molecular flexibility index (Phi) is 9.36. The molecular formula is C22H36IN5O2. The van der Waals surface area contributed by atoms with Gasteiger partial charge in [-0.05, 0) is 33.3 Å². The number of guanidine groups is 1. The largest absolute Gasteiger partial charge is 0.373 e. The average molecular weight is 529 g/mol. The Morgan fingerprint density at radius 3 is 2.63 bits per heavy atom. The average Bonchev–Trinajstić information content (AvgIpc) is 3.10. The minimum absolute atomic E-state index is 0. The number of halogens is 1. The quantitative estimate of drug-likeness (QED) is 0.348. The molecule has 2 aliphatic heterocycles. The number of morpholine rings is 1. The number of amides is 1. The van der Waals surface area contributed by atoms with Crippen LogP contribution < -0.4 is 10.6 Å². The SMILES string of the molecule is CCNC(=NCC(=O)NC(C)(C)C)N1CC2OCCN(Cc3ccccc3)C2C1.I. The van der Waals surface area contributed by atoms with Gasteiger partial charge in [-0.15, -0.1) is 24.0 Å². The van der Waals surface area contributed by atoms with Crippen LogP contribution in [0.2, 0.25) is 0 Å². The normalized spacial score (nSPS) is 22.3. The molecule has 0 spiro atoms. The van der Waals surface area contributed by atoms with Crippen LogP contribution in [0.5, 0.6) is 0 Å². The Morgan fingerprint density at radius 1 is 1.23 bits per heavy atom. The third-order valence-corrected chi connectivity index (χ3v) is 5.17. The van der Waals surface area contributed by atoms with Crippen molar-refractivity contribution in [3.05, 3.63) is 35.9 Å². The second-order valence-electron chi connectivity index (χ2n) is 8.81. The summed E-state index contributed by atoms with van der Waals surface area (Å²) in [6.07, 6.45) is 0.166. The molecule has 168 valence electrons. The van der Waals surface area contributed by atoms with E-state index in [2.05, 4.69) is 55.8 Å². The maximum absolute atomic E-state index is 12.2. The molecule has 2 heterocycles. The van der Waals surface area contributed by atoms with E-state index in [-0.39, 0.29) is 48.1 Å². The highest BCUT2D eigenvalue weighted by Gasteiger charge is 2.41. The Bertz CT molecular complexity index is 707. The molecule has 0 saturated carbocycles. The van der Waals surface area contributed by atoms with E-state index in [1.165, 1.54) is 5.56 Å². The number of benzene rings is 1. The molecule has 2 aliphatic rings. The lowest BCUT2D eigenvalue weighted by Gasteiger charge is -2.36. The number of rotatable bonds is 5. The van der Waals surface area contributed by atoms with Crippen molar-refractivity contribution in [2.45, 2.75) is 51.9 Å². The van der Waals surface area contributed by atoms with Crippen LogP contribution in [0.4, 0.5) is 0 Å². The number of ether oxygens (including phenoxy) is 1. The van der Waals surface area contributed by atoms with Crippen molar-refractivity contribution in [3.63, 3.8) is 0 Å². The van der Waals surface area contributed by atoms with E-state index >= 15 is 0 Å². The predicted octanol–water partition coefficient (Wildman–Crippen LogP) is 2.07. The minimum atomic E-state index is -0.251. The van der Waals surface area contributed by atoms with E-state index in [0.29, 0.717) is 6.04 Å². The van der Waals surface area contributed by atoms with E-state index in [9.17, 15) is 4.79 Å². The summed E-state index contributed by atoms with van der Waals surface area (Å²) in [6, 6.07) is 10.9. The van der Waals surface area contributed by atoms with Crippen molar-refractivity contribution in [3.8, 4) is 0 Å².